The summed E-state index contributed by atoms with van der Waals surface area (Å²) in [5.41, 5.74) is -0.00957. The first-order valence-corrected chi connectivity index (χ1v) is 5.98. The second kappa shape index (κ2) is 3.75. The van der Waals surface area contributed by atoms with Gasteiger partial charge in [-0.2, -0.15) is 0 Å². The third-order valence-electron chi connectivity index (χ3n) is 3.73. The molecule has 0 saturated carbocycles. The van der Waals surface area contributed by atoms with Crippen molar-refractivity contribution in [1.29, 1.82) is 0 Å². The second-order valence-corrected chi connectivity index (χ2v) is 5.87. The molecule has 2 rings (SSSR count). The number of hydrogen-bond acceptors (Lipinski definition) is 2. The molecule has 1 N–H and O–H groups in total. The number of rotatable bonds is 1. The molecule has 0 aromatic carbocycles. The molecule has 0 aromatic rings. The molecule has 2 saturated heterocycles. The van der Waals surface area contributed by atoms with Gasteiger partial charge in [0.05, 0.1) is 0 Å². The van der Waals surface area contributed by atoms with E-state index in [-0.39, 0.29) is 23.1 Å². The molecule has 2 aliphatic rings. The van der Waals surface area contributed by atoms with Crippen LogP contribution in [0.1, 0.15) is 27.2 Å². The molecule has 2 amide bonds. The Balaban J connectivity index is 2.15. The number of likely N-dealkylation sites (tertiary alicyclic amines) is 1. The maximum atomic E-state index is 12.2. The van der Waals surface area contributed by atoms with E-state index in [0.29, 0.717) is 6.54 Å². The van der Waals surface area contributed by atoms with Crippen molar-refractivity contribution in [1.82, 2.24) is 10.2 Å². The molecular weight excluding hydrogens is 204 g/mol. The Morgan fingerprint density at radius 3 is 2.44 bits per heavy atom. The summed E-state index contributed by atoms with van der Waals surface area (Å²) in [6.07, 6.45) is 1.07. The van der Waals surface area contributed by atoms with Crippen LogP contribution in [0, 0.1) is 17.3 Å². The Bertz CT molecular complexity index is 315. The average Bonchev–Trinajstić information content (AvgIpc) is 2.42. The molecule has 2 heterocycles. The van der Waals surface area contributed by atoms with Gasteiger partial charge < -0.3 is 10.2 Å². The number of carbonyl (C=O) groups excluding carboxylic acids is 2. The van der Waals surface area contributed by atoms with Crippen LogP contribution >= 0.6 is 0 Å². The minimum atomic E-state index is -0.458. The summed E-state index contributed by atoms with van der Waals surface area (Å²) < 4.78 is 0. The Kier molecular flexibility index (Phi) is 2.68. The number of nitrogens with zero attached hydrogens (tertiary/aromatic N) is 1. The van der Waals surface area contributed by atoms with Crippen LogP contribution in [0.15, 0.2) is 0 Å². The number of hydrogen-bond donors (Lipinski definition) is 1. The zero-order chi connectivity index (χ0) is 11.9. The Hall–Kier alpha value is -1.06. The molecule has 0 radical (unpaired) electrons. The Morgan fingerprint density at radius 2 is 2.00 bits per heavy atom. The van der Waals surface area contributed by atoms with Crippen LogP contribution in [0.3, 0.4) is 0 Å². The summed E-state index contributed by atoms with van der Waals surface area (Å²) >= 11 is 0. The van der Waals surface area contributed by atoms with Gasteiger partial charge in [0.15, 0.2) is 0 Å². The van der Waals surface area contributed by atoms with E-state index >= 15 is 0 Å². The van der Waals surface area contributed by atoms with Gasteiger partial charge in [-0.25, -0.2) is 0 Å². The molecule has 0 aromatic heterocycles. The molecule has 2 atom stereocenters. The van der Waals surface area contributed by atoms with E-state index in [2.05, 4.69) is 26.1 Å². The van der Waals surface area contributed by atoms with Gasteiger partial charge in [0, 0.05) is 25.6 Å². The largest absolute Gasteiger partial charge is 0.355 e. The predicted octanol–water partition coefficient (Wildman–Crippen LogP) is 0.627. The normalized spacial score (nSPS) is 29.9. The maximum absolute atomic E-state index is 12.2. The van der Waals surface area contributed by atoms with E-state index in [0.717, 1.165) is 19.5 Å². The van der Waals surface area contributed by atoms with Gasteiger partial charge in [-0.05, 0) is 11.8 Å². The highest BCUT2D eigenvalue weighted by atomic mass is 16.2. The van der Waals surface area contributed by atoms with Crippen molar-refractivity contribution in [3.05, 3.63) is 0 Å². The van der Waals surface area contributed by atoms with Crippen molar-refractivity contribution >= 4 is 11.8 Å². The monoisotopic (exact) mass is 224 g/mol. The summed E-state index contributed by atoms with van der Waals surface area (Å²) in [4.78, 5) is 25.7. The van der Waals surface area contributed by atoms with E-state index in [9.17, 15) is 9.59 Å². The van der Waals surface area contributed by atoms with Crippen molar-refractivity contribution in [2.75, 3.05) is 19.6 Å². The molecule has 90 valence electrons. The molecule has 4 nitrogen and oxygen atoms in total. The van der Waals surface area contributed by atoms with Crippen LogP contribution in [0.2, 0.25) is 0 Å². The summed E-state index contributed by atoms with van der Waals surface area (Å²) in [6, 6.07) is 0. The van der Waals surface area contributed by atoms with Gasteiger partial charge in [0.1, 0.15) is 5.92 Å². The van der Waals surface area contributed by atoms with Gasteiger partial charge in [-0.15, -0.1) is 0 Å². The number of carbonyl (C=O) groups is 2. The zero-order valence-corrected chi connectivity index (χ0v) is 10.2. The number of nitrogens with one attached hydrogen (secondary N) is 1. The smallest absolute Gasteiger partial charge is 0.235 e. The summed E-state index contributed by atoms with van der Waals surface area (Å²) in [5, 5.41) is 2.82. The summed E-state index contributed by atoms with van der Waals surface area (Å²) in [6.45, 7) is 8.54. The van der Waals surface area contributed by atoms with E-state index in [4.69, 9.17) is 0 Å². The van der Waals surface area contributed by atoms with Gasteiger partial charge in [0.25, 0.3) is 0 Å². The van der Waals surface area contributed by atoms with Gasteiger partial charge in [-0.3, -0.25) is 9.59 Å². The van der Waals surface area contributed by atoms with Crippen LogP contribution in [-0.4, -0.2) is 36.3 Å². The van der Waals surface area contributed by atoms with Crippen LogP contribution < -0.4 is 5.32 Å². The molecular formula is C12H20N2O2. The highest BCUT2D eigenvalue weighted by Gasteiger charge is 2.47. The van der Waals surface area contributed by atoms with E-state index < -0.39 is 5.92 Å². The fourth-order valence-electron chi connectivity index (χ4n) is 2.44. The highest BCUT2D eigenvalue weighted by molar-refractivity contribution is 6.02. The average molecular weight is 224 g/mol. The van der Waals surface area contributed by atoms with Crippen LogP contribution in [0.5, 0.6) is 0 Å². The first-order chi connectivity index (χ1) is 7.41. The lowest BCUT2D eigenvalue weighted by atomic mass is 9.74. The second-order valence-electron chi connectivity index (χ2n) is 5.87. The van der Waals surface area contributed by atoms with Crippen molar-refractivity contribution in [3.63, 3.8) is 0 Å². The fourth-order valence-corrected chi connectivity index (χ4v) is 2.44. The molecule has 2 unspecified atom stereocenters. The summed E-state index contributed by atoms with van der Waals surface area (Å²) in [7, 11) is 0. The molecule has 16 heavy (non-hydrogen) atoms. The van der Waals surface area contributed by atoms with Crippen LogP contribution in [0.25, 0.3) is 0 Å². The minimum absolute atomic E-state index is 0.00957. The first-order valence-electron chi connectivity index (χ1n) is 5.98. The fraction of sp³-hybridized carbons (Fsp3) is 0.833. The first kappa shape index (κ1) is 11.4. The van der Waals surface area contributed by atoms with Gasteiger partial charge in [-0.1, -0.05) is 20.8 Å². The standard InChI is InChI=1S/C12H20N2O2/c1-12(2,3)8-7-13-10(15)9(8)11(16)14-5-4-6-14/h8-9H,4-7H2,1-3H3,(H,13,15). The summed E-state index contributed by atoms with van der Waals surface area (Å²) in [5.74, 6) is -0.397. The molecule has 0 spiro atoms. The zero-order valence-electron chi connectivity index (χ0n) is 10.2. The minimum Gasteiger partial charge on any atom is -0.355 e. The quantitative estimate of drug-likeness (QED) is 0.664. The molecule has 4 heteroatoms. The topological polar surface area (TPSA) is 49.4 Å². The third kappa shape index (κ3) is 1.81. The Morgan fingerprint density at radius 1 is 1.38 bits per heavy atom. The van der Waals surface area contributed by atoms with Gasteiger partial charge in [0.2, 0.25) is 11.8 Å². The lowest BCUT2D eigenvalue weighted by molar-refractivity contribution is -0.146. The lowest BCUT2D eigenvalue weighted by Crippen LogP contribution is -2.49. The highest BCUT2D eigenvalue weighted by Crippen LogP contribution is 2.36. The maximum Gasteiger partial charge on any atom is 0.235 e. The molecule has 0 bridgehead atoms. The van der Waals surface area contributed by atoms with E-state index in [1.54, 1.807) is 4.90 Å². The van der Waals surface area contributed by atoms with E-state index in [1.807, 2.05) is 0 Å². The van der Waals surface area contributed by atoms with Crippen molar-refractivity contribution in [3.8, 4) is 0 Å². The third-order valence-corrected chi connectivity index (χ3v) is 3.73. The number of amides is 2. The predicted molar refractivity (Wildman–Crippen MR) is 60.6 cm³/mol. The van der Waals surface area contributed by atoms with Crippen LogP contribution in [0.4, 0.5) is 0 Å². The molecule has 0 aliphatic carbocycles. The Labute approximate surface area is 96.4 Å². The SMILES string of the molecule is CC(C)(C)C1CNC(=O)C1C(=O)N1CCC1. The van der Waals surface area contributed by atoms with Gasteiger partial charge >= 0.3 is 0 Å². The lowest BCUT2D eigenvalue weighted by Gasteiger charge is -2.36. The van der Waals surface area contributed by atoms with Crippen molar-refractivity contribution < 1.29 is 9.59 Å². The van der Waals surface area contributed by atoms with E-state index in [1.165, 1.54) is 0 Å². The van der Waals surface area contributed by atoms with Crippen molar-refractivity contribution in [2.24, 2.45) is 17.3 Å². The van der Waals surface area contributed by atoms with Crippen LogP contribution in [-0.2, 0) is 9.59 Å². The molecule has 2 aliphatic heterocycles. The molecule has 2 fully saturated rings. The van der Waals surface area contributed by atoms with Crippen molar-refractivity contribution in [2.45, 2.75) is 27.2 Å².